The van der Waals surface area contributed by atoms with Gasteiger partial charge in [0.25, 0.3) is 15.7 Å². The first-order chi connectivity index (χ1) is 20.1. The number of anilines is 2. The number of nitrogens with one attached hydrogen (secondary N) is 2. The molecule has 0 spiro atoms. The molecule has 0 bridgehead atoms. The third-order valence-electron chi connectivity index (χ3n) is 6.31. The zero-order valence-electron chi connectivity index (χ0n) is 23.3. The lowest BCUT2D eigenvalue weighted by molar-refractivity contribution is -0.385. The first-order valence-electron chi connectivity index (χ1n) is 12.8. The molecular formula is C29H29N5O7S. The lowest BCUT2D eigenvalue weighted by Crippen LogP contribution is -2.15. The number of para-hydroxylation sites is 2. The summed E-state index contributed by atoms with van der Waals surface area (Å²) in [4.78, 5) is 22.4. The minimum atomic E-state index is -4.30. The van der Waals surface area contributed by atoms with E-state index in [1.54, 1.807) is 37.3 Å². The molecule has 0 saturated carbocycles. The number of hydrogen-bond donors (Lipinski definition) is 2. The van der Waals surface area contributed by atoms with Crippen LogP contribution in [0.3, 0.4) is 0 Å². The number of aromatic nitrogens is 1. The fourth-order valence-corrected chi connectivity index (χ4v) is 5.56. The van der Waals surface area contributed by atoms with Gasteiger partial charge in [0.2, 0.25) is 0 Å². The first-order valence-corrected chi connectivity index (χ1v) is 14.2. The number of ether oxygens (including phenoxy) is 2. The van der Waals surface area contributed by atoms with E-state index >= 15 is 0 Å². The van der Waals surface area contributed by atoms with Crippen LogP contribution in [0.15, 0.2) is 82.8 Å². The summed E-state index contributed by atoms with van der Waals surface area (Å²) in [6.07, 6.45) is 1.53. The van der Waals surface area contributed by atoms with Crippen molar-refractivity contribution < 1.29 is 27.6 Å². The van der Waals surface area contributed by atoms with Crippen molar-refractivity contribution in [1.82, 2.24) is 4.57 Å². The summed E-state index contributed by atoms with van der Waals surface area (Å²) in [7, 11) is -2.90. The van der Waals surface area contributed by atoms with Crippen LogP contribution >= 0.6 is 0 Å². The van der Waals surface area contributed by atoms with Gasteiger partial charge in [-0.25, -0.2) is 13.2 Å². The molecule has 0 aliphatic heterocycles. The zero-order valence-corrected chi connectivity index (χ0v) is 24.1. The number of nitro benzene ring substituents is 1. The molecule has 13 heteroatoms. The Balaban J connectivity index is 1.62. The van der Waals surface area contributed by atoms with Gasteiger partial charge in [0.15, 0.2) is 0 Å². The standard InChI is InChI=1S/C29H29N5O7S/c1-5-41-29(35)21-10-12-23(13-11-21)33-19(2)16-22(20(33)3)18-30-31-26-15-14-24(34(36)37)17-28(26)42(38,39)32-25-8-6-7-9-27(25)40-4/h6-18,31-32H,5H2,1-4H3. The molecule has 1 heterocycles. The largest absolute Gasteiger partial charge is 0.495 e. The average molecular weight is 592 g/mol. The van der Waals surface area contributed by atoms with E-state index in [4.69, 9.17) is 9.47 Å². The van der Waals surface area contributed by atoms with Crippen molar-refractivity contribution >= 4 is 39.3 Å². The van der Waals surface area contributed by atoms with Gasteiger partial charge in [-0.05, 0) is 69.3 Å². The van der Waals surface area contributed by atoms with E-state index in [2.05, 4.69) is 15.2 Å². The second-order valence-corrected chi connectivity index (χ2v) is 10.7. The molecule has 0 amide bonds. The van der Waals surface area contributed by atoms with Crippen LogP contribution in [0, 0.1) is 24.0 Å². The van der Waals surface area contributed by atoms with Gasteiger partial charge in [0.05, 0.1) is 41.8 Å². The number of rotatable bonds is 11. The average Bonchev–Trinajstić information content (AvgIpc) is 3.25. The van der Waals surface area contributed by atoms with Crippen LogP contribution in [0.2, 0.25) is 0 Å². The molecule has 12 nitrogen and oxygen atoms in total. The van der Waals surface area contributed by atoms with Crippen LogP contribution in [-0.4, -0.2) is 43.8 Å². The SMILES string of the molecule is CCOC(=O)c1ccc(-n2c(C)cc(C=NNc3ccc([N+](=O)[O-])cc3S(=O)(=O)Nc3ccccc3OC)c2C)cc1. The molecule has 0 atom stereocenters. The number of sulfonamides is 1. The maximum atomic E-state index is 13.3. The maximum absolute atomic E-state index is 13.3. The van der Waals surface area contributed by atoms with Crippen molar-refractivity contribution in [3.05, 3.63) is 105 Å². The summed E-state index contributed by atoms with van der Waals surface area (Å²) in [5.41, 5.74) is 6.28. The summed E-state index contributed by atoms with van der Waals surface area (Å²) in [5, 5.41) is 15.6. The Morgan fingerprint density at radius 1 is 1.05 bits per heavy atom. The molecule has 0 aliphatic rings. The number of esters is 1. The topological polar surface area (TPSA) is 154 Å². The predicted octanol–water partition coefficient (Wildman–Crippen LogP) is 5.43. The van der Waals surface area contributed by atoms with Crippen molar-refractivity contribution in [2.45, 2.75) is 25.7 Å². The van der Waals surface area contributed by atoms with Crippen LogP contribution < -0.4 is 14.9 Å². The quantitative estimate of drug-likeness (QED) is 0.101. The molecule has 1 aromatic heterocycles. The van der Waals surface area contributed by atoms with Gasteiger partial charge in [-0.2, -0.15) is 5.10 Å². The summed E-state index contributed by atoms with van der Waals surface area (Å²) < 4.78 is 41.4. The lowest BCUT2D eigenvalue weighted by Gasteiger charge is -2.14. The molecule has 0 saturated heterocycles. The monoisotopic (exact) mass is 591 g/mol. The number of hydrogen-bond acceptors (Lipinski definition) is 9. The number of nitrogens with zero attached hydrogens (tertiary/aromatic N) is 3. The van der Waals surface area contributed by atoms with Crippen LogP contribution in [-0.2, 0) is 14.8 Å². The molecule has 0 unspecified atom stereocenters. The summed E-state index contributed by atoms with van der Waals surface area (Å²) in [6, 6.07) is 18.7. The fraction of sp³-hybridized carbons (Fsp3) is 0.172. The van der Waals surface area contributed by atoms with Crippen molar-refractivity contribution in [3.8, 4) is 11.4 Å². The van der Waals surface area contributed by atoms with E-state index in [1.165, 1.54) is 31.5 Å². The number of methoxy groups -OCH3 is 1. The molecule has 0 fully saturated rings. The minimum Gasteiger partial charge on any atom is -0.495 e. The second-order valence-electron chi connectivity index (χ2n) is 9.04. The van der Waals surface area contributed by atoms with E-state index in [0.717, 1.165) is 28.7 Å². The maximum Gasteiger partial charge on any atom is 0.338 e. The number of nitro groups is 1. The van der Waals surface area contributed by atoms with E-state index in [9.17, 15) is 23.3 Å². The highest BCUT2D eigenvalue weighted by molar-refractivity contribution is 7.93. The molecule has 218 valence electrons. The van der Waals surface area contributed by atoms with Crippen LogP contribution in [0.25, 0.3) is 5.69 Å². The van der Waals surface area contributed by atoms with E-state index in [-0.39, 0.29) is 22.0 Å². The van der Waals surface area contributed by atoms with Crippen molar-refractivity contribution in [2.24, 2.45) is 5.10 Å². The number of carbonyl (C=O) groups excluding carboxylic acids is 1. The summed E-state index contributed by atoms with van der Waals surface area (Å²) in [6.45, 7) is 5.85. The highest BCUT2D eigenvalue weighted by Gasteiger charge is 2.24. The second kappa shape index (κ2) is 12.6. The van der Waals surface area contributed by atoms with Gasteiger partial charge in [0.1, 0.15) is 10.6 Å². The molecule has 2 N–H and O–H groups in total. The third kappa shape index (κ3) is 6.41. The normalized spacial score (nSPS) is 11.3. The van der Waals surface area contributed by atoms with Gasteiger partial charge in [0, 0.05) is 34.8 Å². The minimum absolute atomic E-state index is 0.0302. The Bertz CT molecular complexity index is 1760. The van der Waals surface area contributed by atoms with Gasteiger partial charge in [-0.15, -0.1) is 0 Å². The smallest absolute Gasteiger partial charge is 0.338 e. The Hall–Kier alpha value is -5.17. The van der Waals surface area contributed by atoms with E-state index in [1.807, 2.05) is 36.6 Å². The number of aryl methyl sites for hydroxylation is 1. The van der Waals surface area contributed by atoms with Crippen LogP contribution in [0.1, 0.15) is 34.2 Å². The van der Waals surface area contributed by atoms with Crippen molar-refractivity contribution in [1.29, 1.82) is 0 Å². The molecule has 3 aromatic carbocycles. The van der Waals surface area contributed by atoms with E-state index in [0.29, 0.717) is 12.2 Å². The lowest BCUT2D eigenvalue weighted by atomic mass is 10.2. The van der Waals surface area contributed by atoms with Gasteiger partial charge in [-0.3, -0.25) is 20.3 Å². The Morgan fingerprint density at radius 3 is 2.43 bits per heavy atom. The number of carbonyl (C=O) groups is 1. The highest BCUT2D eigenvalue weighted by Crippen LogP contribution is 2.31. The molecular weight excluding hydrogens is 562 g/mol. The van der Waals surface area contributed by atoms with E-state index < -0.39 is 26.6 Å². The predicted molar refractivity (Wildman–Crippen MR) is 159 cm³/mol. The highest BCUT2D eigenvalue weighted by atomic mass is 32.2. The Kier molecular flexibility index (Phi) is 8.91. The molecule has 42 heavy (non-hydrogen) atoms. The summed E-state index contributed by atoms with van der Waals surface area (Å²) in [5.74, 6) is -0.112. The van der Waals surface area contributed by atoms with Gasteiger partial charge >= 0.3 is 5.97 Å². The number of hydrazone groups is 1. The Morgan fingerprint density at radius 2 is 1.76 bits per heavy atom. The fourth-order valence-electron chi connectivity index (χ4n) is 4.32. The molecule has 0 aliphatic carbocycles. The zero-order chi connectivity index (χ0) is 30.4. The third-order valence-corrected chi connectivity index (χ3v) is 7.72. The van der Waals surface area contributed by atoms with Crippen molar-refractivity contribution in [3.63, 3.8) is 0 Å². The first kappa shape index (κ1) is 29.8. The van der Waals surface area contributed by atoms with Gasteiger partial charge in [-0.1, -0.05) is 12.1 Å². The number of benzene rings is 3. The van der Waals surface area contributed by atoms with Gasteiger partial charge < -0.3 is 14.0 Å². The molecule has 0 radical (unpaired) electrons. The van der Waals surface area contributed by atoms with Crippen molar-refractivity contribution in [2.75, 3.05) is 23.9 Å². The molecule has 4 aromatic rings. The summed E-state index contributed by atoms with van der Waals surface area (Å²) >= 11 is 0. The number of non-ortho nitro benzene ring substituents is 1. The Labute approximate surface area is 242 Å². The van der Waals surface area contributed by atoms with Crippen LogP contribution in [0.4, 0.5) is 17.1 Å². The van der Waals surface area contributed by atoms with Crippen LogP contribution in [0.5, 0.6) is 5.75 Å². The molecule has 4 rings (SSSR count).